The third-order valence-corrected chi connectivity index (χ3v) is 3.96. The molecule has 1 aliphatic rings. The number of hydrogen-bond acceptors (Lipinski definition) is 4. The standard InChI is InChI=1S/C16H19N3O3/c1-11-13-4-2-3-5-14(13)16(21)19(18-11)9-15(20)17-8-12-6-7-22-10-12/h2-5,12H,6-10H2,1H3,(H,17,20)/t12-/m1/s1. The molecule has 6 heteroatoms. The summed E-state index contributed by atoms with van der Waals surface area (Å²) in [5, 5.41) is 8.50. The average molecular weight is 301 g/mol. The highest BCUT2D eigenvalue weighted by molar-refractivity contribution is 5.83. The van der Waals surface area contributed by atoms with Gasteiger partial charge in [-0.15, -0.1) is 0 Å². The number of nitrogens with one attached hydrogen (secondary N) is 1. The highest BCUT2D eigenvalue weighted by Crippen LogP contribution is 2.12. The van der Waals surface area contributed by atoms with Gasteiger partial charge in [0.05, 0.1) is 17.7 Å². The SMILES string of the molecule is Cc1nn(CC(=O)NC[C@H]2CCOC2)c(=O)c2ccccc12. The summed E-state index contributed by atoms with van der Waals surface area (Å²) in [6.45, 7) is 3.81. The van der Waals surface area contributed by atoms with Crippen LogP contribution in [0.5, 0.6) is 0 Å². The lowest BCUT2D eigenvalue weighted by molar-refractivity contribution is -0.122. The maximum atomic E-state index is 12.4. The molecule has 116 valence electrons. The molecule has 1 amide bonds. The minimum atomic E-state index is -0.236. The second-order valence-corrected chi connectivity index (χ2v) is 5.63. The van der Waals surface area contributed by atoms with Crippen molar-refractivity contribution in [1.82, 2.24) is 15.1 Å². The molecular formula is C16H19N3O3. The van der Waals surface area contributed by atoms with Crippen LogP contribution in [0.4, 0.5) is 0 Å². The smallest absolute Gasteiger partial charge is 0.275 e. The zero-order chi connectivity index (χ0) is 15.5. The maximum absolute atomic E-state index is 12.4. The van der Waals surface area contributed by atoms with Gasteiger partial charge in [-0.3, -0.25) is 9.59 Å². The Morgan fingerprint density at radius 3 is 2.91 bits per heavy atom. The number of hydrogen-bond donors (Lipinski definition) is 1. The molecule has 0 aliphatic carbocycles. The van der Waals surface area contributed by atoms with Crippen LogP contribution in [-0.2, 0) is 16.1 Å². The average Bonchev–Trinajstić information content (AvgIpc) is 3.04. The lowest BCUT2D eigenvalue weighted by Crippen LogP contribution is -2.36. The van der Waals surface area contributed by atoms with Gasteiger partial charge in [0, 0.05) is 24.5 Å². The molecule has 0 bridgehead atoms. The zero-order valence-corrected chi connectivity index (χ0v) is 12.5. The lowest BCUT2D eigenvalue weighted by atomic mass is 10.1. The van der Waals surface area contributed by atoms with Gasteiger partial charge >= 0.3 is 0 Å². The first-order valence-corrected chi connectivity index (χ1v) is 7.46. The molecule has 1 aromatic carbocycles. The van der Waals surface area contributed by atoms with E-state index in [1.54, 1.807) is 6.07 Å². The number of aromatic nitrogens is 2. The first-order valence-electron chi connectivity index (χ1n) is 7.46. The monoisotopic (exact) mass is 301 g/mol. The normalized spacial score (nSPS) is 17.8. The molecule has 3 rings (SSSR count). The summed E-state index contributed by atoms with van der Waals surface area (Å²) >= 11 is 0. The molecule has 0 saturated carbocycles. The van der Waals surface area contributed by atoms with Crippen LogP contribution in [0.2, 0.25) is 0 Å². The summed E-state index contributed by atoms with van der Waals surface area (Å²) in [5.41, 5.74) is 0.507. The highest BCUT2D eigenvalue weighted by Gasteiger charge is 2.17. The fraction of sp³-hybridized carbons (Fsp3) is 0.438. The van der Waals surface area contributed by atoms with Crippen molar-refractivity contribution in [3.63, 3.8) is 0 Å². The van der Waals surface area contributed by atoms with E-state index in [0.717, 1.165) is 24.1 Å². The van der Waals surface area contributed by atoms with Crippen molar-refractivity contribution in [2.45, 2.75) is 19.9 Å². The molecule has 1 aromatic heterocycles. The van der Waals surface area contributed by atoms with Gasteiger partial charge in [0.25, 0.3) is 5.56 Å². The Bertz CT molecular complexity index is 748. The number of aryl methyl sites for hydroxylation is 1. The topological polar surface area (TPSA) is 73.2 Å². The van der Waals surface area contributed by atoms with Gasteiger partial charge < -0.3 is 10.1 Å². The summed E-state index contributed by atoms with van der Waals surface area (Å²) < 4.78 is 6.51. The Morgan fingerprint density at radius 2 is 2.18 bits per heavy atom. The lowest BCUT2D eigenvalue weighted by Gasteiger charge is -2.11. The Kier molecular flexibility index (Phi) is 4.20. The summed E-state index contributed by atoms with van der Waals surface area (Å²) in [7, 11) is 0. The van der Waals surface area contributed by atoms with Crippen LogP contribution in [-0.4, -0.2) is 35.4 Å². The summed E-state index contributed by atoms with van der Waals surface area (Å²) in [6, 6.07) is 7.31. The number of ether oxygens (including phenoxy) is 1. The minimum Gasteiger partial charge on any atom is -0.381 e. The predicted octanol–water partition coefficient (Wildman–Crippen LogP) is 0.858. The van der Waals surface area contributed by atoms with Crippen LogP contribution in [0.15, 0.2) is 29.1 Å². The zero-order valence-electron chi connectivity index (χ0n) is 12.5. The molecule has 22 heavy (non-hydrogen) atoms. The van der Waals surface area contributed by atoms with Crippen LogP contribution < -0.4 is 10.9 Å². The van der Waals surface area contributed by atoms with E-state index >= 15 is 0 Å². The molecule has 2 aromatic rings. The van der Waals surface area contributed by atoms with E-state index in [1.807, 2.05) is 25.1 Å². The molecule has 6 nitrogen and oxygen atoms in total. The van der Waals surface area contributed by atoms with E-state index < -0.39 is 0 Å². The quantitative estimate of drug-likeness (QED) is 0.909. The number of fused-ring (bicyclic) bond motifs is 1. The Hall–Kier alpha value is -2.21. The third-order valence-electron chi connectivity index (χ3n) is 3.96. The van der Waals surface area contributed by atoms with Crippen LogP contribution in [0.25, 0.3) is 10.8 Å². The molecule has 1 saturated heterocycles. The van der Waals surface area contributed by atoms with Gasteiger partial charge in [-0.1, -0.05) is 18.2 Å². The van der Waals surface area contributed by atoms with Crippen molar-refractivity contribution in [3.8, 4) is 0 Å². The first-order chi connectivity index (χ1) is 10.6. The van der Waals surface area contributed by atoms with E-state index in [2.05, 4.69) is 10.4 Å². The van der Waals surface area contributed by atoms with Gasteiger partial charge in [-0.2, -0.15) is 5.10 Å². The van der Waals surface area contributed by atoms with Crippen molar-refractivity contribution in [3.05, 3.63) is 40.3 Å². The van der Waals surface area contributed by atoms with Gasteiger partial charge in [0.2, 0.25) is 5.91 Å². The fourth-order valence-corrected chi connectivity index (χ4v) is 2.71. The molecular weight excluding hydrogens is 282 g/mol. The van der Waals surface area contributed by atoms with E-state index in [4.69, 9.17) is 4.74 Å². The van der Waals surface area contributed by atoms with E-state index in [0.29, 0.717) is 24.5 Å². The summed E-state index contributed by atoms with van der Waals surface area (Å²) in [6.07, 6.45) is 0.966. The van der Waals surface area contributed by atoms with Crippen LogP contribution in [0.1, 0.15) is 12.1 Å². The van der Waals surface area contributed by atoms with Crippen LogP contribution in [0, 0.1) is 12.8 Å². The van der Waals surface area contributed by atoms with Crippen molar-refractivity contribution < 1.29 is 9.53 Å². The number of carbonyl (C=O) groups is 1. The molecule has 1 aliphatic heterocycles. The van der Waals surface area contributed by atoms with Crippen LogP contribution in [0.3, 0.4) is 0 Å². The van der Waals surface area contributed by atoms with Crippen molar-refractivity contribution in [1.29, 1.82) is 0 Å². The number of nitrogens with zero attached hydrogens (tertiary/aromatic N) is 2. The Labute approximate surface area is 128 Å². The minimum absolute atomic E-state index is 0.0575. The summed E-state index contributed by atoms with van der Waals surface area (Å²) in [4.78, 5) is 24.4. The van der Waals surface area contributed by atoms with Crippen LogP contribution >= 0.6 is 0 Å². The predicted molar refractivity (Wildman–Crippen MR) is 82.7 cm³/mol. The molecule has 1 atom stereocenters. The van der Waals surface area contributed by atoms with Gasteiger partial charge in [0.1, 0.15) is 6.54 Å². The van der Waals surface area contributed by atoms with E-state index in [1.165, 1.54) is 4.68 Å². The highest BCUT2D eigenvalue weighted by atomic mass is 16.5. The van der Waals surface area contributed by atoms with Crippen molar-refractivity contribution in [2.24, 2.45) is 5.92 Å². The van der Waals surface area contributed by atoms with E-state index in [9.17, 15) is 9.59 Å². The van der Waals surface area contributed by atoms with Crippen molar-refractivity contribution in [2.75, 3.05) is 19.8 Å². The summed E-state index contributed by atoms with van der Waals surface area (Å²) in [5.74, 6) is 0.170. The Morgan fingerprint density at radius 1 is 1.41 bits per heavy atom. The van der Waals surface area contributed by atoms with Gasteiger partial charge in [-0.25, -0.2) is 4.68 Å². The molecule has 2 heterocycles. The van der Waals surface area contributed by atoms with Gasteiger partial charge in [0.15, 0.2) is 0 Å². The number of amides is 1. The number of carbonyl (C=O) groups excluding carboxylic acids is 1. The second-order valence-electron chi connectivity index (χ2n) is 5.63. The fourth-order valence-electron chi connectivity index (χ4n) is 2.71. The number of rotatable bonds is 4. The number of benzene rings is 1. The maximum Gasteiger partial charge on any atom is 0.275 e. The molecule has 1 N–H and O–H groups in total. The van der Waals surface area contributed by atoms with E-state index in [-0.39, 0.29) is 18.0 Å². The largest absolute Gasteiger partial charge is 0.381 e. The van der Waals surface area contributed by atoms with Gasteiger partial charge in [-0.05, 0) is 19.4 Å². The molecule has 0 spiro atoms. The molecule has 0 radical (unpaired) electrons. The Balaban J connectivity index is 1.74. The first kappa shape index (κ1) is 14.7. The van der Waals surface area contributed by atoms with Crippen molar-refractivity contribution >= 4 is 16.7 Å². The molecule has 0 unspecified atom stereocenters. The second kappa shape index (κ2) is 6.27. The molecule has 1 fully saturated rings. The third kappa shape index (κ3) is 3.01.